The molecule has 0 radical (unpaired) electrons. The van der Waals surface area contributed by atoms with E-state index in [1.165, 1.54) is 0 Å². The molecular formula is C9H9Cl2NO. The predicted molar refractivity (Wildman–Crippen MR) is 53.8 cm³/mol. The normalized spacial score (nSPS) is 12.2. The molecule has 0 aliphatic heterocycles. The highest BCUT2D eigenvalue weighted by atomic mass is 35.5. The molecule has 1 N–H and O–H groups in total. The molecule has 1 amide bonds. The Labute approximate surface area is 87.0 Å². The zero-order chi connectivity index (χ0) is 9.84. The fraction of sp³-hybridized carbons (Fsp3) is 0.222. The van der Waals surface area contributed by atoms with E-state index in [1.54, 1.807) is 12.1 Å². The van der Waals surface area contributed by atoms with Gasteiger partial charge in [0, 0.05) is 11.8 Å². The molecule has 70 valence electrons. The van der Waals surface area contributed by atoms with E-state index in [0.29, 0.717) is 0 Å². The highest BCUT2D eigenvalue weighted by Crippen LogP contribution is 2.20. The van der Waals surface area contributed by atoms with E-state index in [2.05, 4.69) is 0 Å². The quantitative estimate of drug-likeness (QED) is 0.599. The Morgan fingerprint density at radius 2 is 1.92 bits per heavy atom. The van der Waals surface area contributed by atoms with E-state index in [-0.39, 0.29) is 0 Å². The minimum atomic E-state index is -0.724. The van der Waals surface area contributed by atoms with Crippen molar-refractivity contribution in [2.24, 2.45) is 0 Å². The second-order valence-electron chi connectivity index (χ2n) is 2.73. The number of amides is 1. The van der Waals surface area contributed by atoms with Crippen LogP contribution >= 0.6 is 23.4 Å². The first-order valence-corrected chi connectivity index (χ1v) is 4.57. The maximum Gasteiger partial charge on any atom is 0.256 e. The fourth-order valence-electron chi connectivity index (χ4n) is 0.935. The molecule has 13 heavy (non-hydrogen) atoms. The van der Waals surface area contributed by atoms with E-state index in [4.69, 9.17) is 23.4 Å². The summed E-state index contributed by atoms with van der Waals surface area (Å²) in [5.41, 5.74) is 1.87. The minimum Gasteiger partial charge on any atom is -0.272 e. The summed E-state index contributed by atoms with van der Waals surface area (Å²) in [5, 5.41) is -0.724. The predicted octanol–water partition coefficient (Wildman–Crippen LogP) is 2.54. The monoisotopic (exact) mass is 217 g/mol. The first-order valence-electron chi connectivity index (χ1n) is 3.76. The minimum absolute atomic E-state index is 0.410. The highest BCUT2D eigenvalue weighted by molar-refractivity contribution is 6.34. The van der Waals surface area contributed by atoms with Gasteiger partial charge in [-0.15, -0.1) is 11.6 Å². The van der Waals surface area contributed by atoms with Crippen molar-refractivity contribution < 1.29 is 4.79 Å². The van der Waals surface area contributed by atoms with E-state index < -0.39 is 11.3 Å². The van der Waals surface area contributed by atoms with Gasteiger partial charge in [0.1, 0.15) is 5.38 Å². The number of aryl methyl sites for hydroxylation is 1. The molecule has 1 unspecified atom stereocenters. The van der Waals surface area contributed by atoms with Gasteiger partial charge in [0.25, 0.3) is 5.91 Å². The lowest BCUT2D eigenvalue weighted by Crippen LogP contribution is -2.17. The van der Waals surface area contributed by atoms with Gasteiger partial charge in [0.15, 0.2) is 0 Å². The molecule has 4 heteroatoms. The molecule has 0 saturated heterocycles. The number of benzene rings is 1. The topological polar surface area (TPSA) is 29.1 Å². The van der Waals surface area contributed by atoms with Crippen molar-refractivity contribution in [3.63, 3.8) is 0 Å². The van der Waals surface area contributed by atoms with Crippen LogP contribution in [-0.4, -0.2) is 5.91 Å². The molecule has 0 spiro atoms. The summed E-state index contributed by atoms with van der Waals surface area (Å²) in [6, 6.07) is 7.40. The number of alkyl halides is 1. The lowest BCUT2D eigenvalue weighted by molar-refractivity contribution is -0.119. The highest BCUT2D eigenvalue weighted by Gasteiger charge is 2.15. The van der Waals surface area contributed by atoms with Gasteiger partial charge in [-0.05, 0) is 12.5 Å². The summed E-state index contributed by atoms with van der Waals surface area (Å²) in [5.74, 6) is -0.410. The zero-order valence-corrected chi connectivity index (χ0v) is 8.56. The molecule has 0 bridgehead atoms. The molecular weight excluding hydrogens is 209 g/mol. The van der Waals surface area contributed by atoms with Crippen molar-refractivity contribution in [2.75, 3.05) is 0 Å². The van der Waals surface area contributed by atoms with Gasteiger partial charge in [0.05, 0.1) is 0 Å². The third-order valence-electron chi connectivity index (χ3n) is 1.69. The van der Waals surface area contributed by atoms with Crippen LogP contribution in [0.3, 0.4) is 0 Å². The summed E-state index contributed by atoms with van der Waals surface area (Å²) < 4.78 is 0. The Bertz CT molecular complexity index is 297. The number of hydrogen-bond acceptors (Lipinski definition) is 1. The van der Waals surface area contributed by atoms with Gasteiger partial charge < -0.3 is 0 Å². The molecule has 0 heterocycles. The van der Waals surface area contributed by atoms with E-state index >= 15 is 0 Å². The largest absolute Gasteiger partial charge is 0.272 e. The number of nitrogens with one attached hydrogen (secondary N) is 1. The van der Waals surface area contributed by atoms with Crippen LogP contribution in [0, 0.1) is 6.92 Å². The smallest absolute Gasteiger partial charge is 0.256 e. The molecule has 1 atom stereocenters. The summed E-state index contributed by atoms with van der Waals surface area (Å²) in [4.78, 5) is 13.0. The second kappa shape index (κ2) is 4.49. The van der Waals surface area contributed by atoms with Crippen LogP contribution in [0.2, 0.25) is 0 Å². The fourth-order valence-corrected chi connectivity index (χ4v) is 1.30. The third kappa shape index (κ3) is 2.61. The molecule has 1 aromatic carbocycles. The first-order chi connectivity index (χ1) is 6.15. The average molecular weight is 218 g/mol. The second-order valence-corrected chi connectivity index (χ2v) is 3.36. The molecule has 0 saturated carbocycles. The van der Waals surface area contributed by atoms with Gasteiger partial charge in [-0.2, -0.15) is 0 Å². The Morgan fingerprint density at radius 3 is 2.38 bits per heavy atom. The standard InChI is InChI=1S/C9H9Cl2NO/c1-6-2-4-7(5-3-6)8(10)9(13)12-11/h2-5,8H,1H3,(H,12,13). The Kier molecular flexibility index (Phi) is 3.58. The molecule has 1 aromatic rings. The van der Waals surface area contributed by atoms with E-state index in [1.807, 2.05) is 23.9 Å². The maximum atomic E-state index is 11.0. The SMILES string of the molecule is Cc1ccc(C(Cl)C(=O)NCl)cc1. The number of carbonyl (C=O) groups excluding carboxylic acids is 1. The van der Waals surface area contributed by atoms with Crippen LogP contribution in [0.1, 0.15) is 16.5 Å². The summed E-state index contributed by atoms with van der Waals surface area (Å²) in [6.07, 6.45) is 0. The number of rotatable bonds is 2. The average Bonchev–Trinajstić information content (AvgIpc) is 2.17. The lowest BCUT2D eigenvalue weighted by atomic mass is 10.1. The van der Waals surface area contributed by atoms with Gasteiger partial charge in [-0.1, -0.05) is 29.8 Å². The number of hydrogen-bond donors (Lipinski definition) is 1. The summed E-state index contributed by atoms with van der Waals surface area (Å²) in [6.45, 7) is 1.97. The van der Waals surface area contributed by atoms with Crippen LogP contribution in [0.5, 0.6) is 0 Å². The summed E-state index contributed by atoms with van der Waals surface area (Å²) >= 11 is 11.0. The number of carbonyl (C=O) groups is 1. The van der Waals surface area contributed by atoms with Crippen LogP contribution < -0.4 is 4.84 Å². The van der Waals surface area contributed by atoms with Crippen molar-refractivity contribution in [1.82, 2.24) is 4.84 Å². The van der Waals surface area contributed by atoms with Crippen molar-refractivity contribution in [2.45, 2.75) is 12.3 Å². The zero-order valence-electron chi connectivity index (χ0n) is 7.05. The van der Waals surface area contributed by atoms with E-state index in [0.717, 1.165) is 11.1 Å². The Morgan fingerprint density at radius 1 is 1.38 bits per heavy atom. The van der Waals surface area contributed by atoms with Crippen molar-refractivity contribution in [1.29, 1.82) is 0 Å². The third-order valence-corrected chi connectivity index (χ3v) is 2.33. The Balaban J connectivity index is 2.83. The molecule has 0 aromatic heterocycles. The molecule has 0 fully saturated rings. The van der Waals surface area contributed by atoms with E-state index in [9.17, 15) is 4.79 Å². The number of halogens is 2. The van der Waals surface area contributed by atoms with Gasteiger partial charge in [-0.25, -0.2) is 0 Å². The lowest BCUT2D eigenvalue weighted by Gasteiger charge is -2.06. The molecule has 0 aliphatic carbocycles. The van der Waals surface area contributed by atoms with Crippen molar-refractivity contribution in [3.05, 3.63) is 35.4 Å². The van der Waals surface area contributed by atoms with Crippen LogP contribution in [0.25, 0.3) is 0 Å². The maximum absolute atomic E-state index is 11.0. The van der Waals surface area contributed by atoms with Crippen molar-refractivity contribution >= 4 is 29.3 Å². The molecule has 2 nitrogen and oxygen atoms in total. The first kappa shape index (κ1) is 10.4. The van der Waals surface area contributed by atoms with Gasteiger partial charge in [0.2, 0.25) is 0 Å². The summed E-state index contributed by atoms with van der Waals surface area (Å²) in [7, 11) is 0. The van der Waals surface area contributed by atoms with Crippen molar-refractivity contribution in [3.8, 4) is 0 Å². The molecule has 0 aliphatic rings. The van der Waals surface area contributed by atoms with Gasteiger partial charge in [-0.3, -0.25) is 9.63 Å². The van der Waals surface area contributed by atoms with Crippen LogP contribution in [0.15, 0.2) is 24.3 Å². The van der Waals surface area contributed by atoms with Crippen LogP contribution in [-0.2, 0) is 4.79 Å². The Hall–Kier alpha value is -0.730. The van der Waals surface area contributed by atoms with Gasteiger partial charge >= 0.3 is 0 Å². The molecule has 1 rings (SSSR count). The van der Waals surface area contributed by atoms with Crippen LogP contribution in [0.4, 0.5) is 0 Å².